The highest BCUT2D eigenvalue weighted by molar-refractivity contribution is 7.27. The van der Waals surface area contributed by atoms with E-state index in [4.69, 9.17) is 0 Å². The number of fused-ring (bicyclic) bond motifs is 12. The third kappa shape index (κ3) is 6.67. The minimum absolute atomic E-state index is 1.19. The van der Waals surface area contributed by atoms with Crippen LogP contribution in [0.25, 0.3) is 147 Å². The monoisotopic (exact) mass is 958 g/mol. The van der Waals surface area contributed by atoms with E-state index in [1.165, 1.54) is 147 Å². The molecule has 0 spiro atoms. The molecular weight excluding hydrogens is 921 g/mol. The van der Waals surface area contributed by atoms with Gasteiger partial charge in [0.05, 0.1) is 0 Å². The summed E-state index contributed by atoms with van der Waals surface area (Å²) in [5.41, 5.74) is 14.5. The molecule has 0 radical (unpaired) electrons. The fourth-order valence-corrected chi connectivity index (χ4v) is 15.3. The summed E-state index contributed by atoms with van der Waals surface area (Å²) in [4.78, 5) is 0. The molecule has 4 heteroatoms. The smallest absolute Gasteiger partial charge is 0.0361 e. The lowest BCUT2D eigenvalue weighted by molar-refractivity contribution is 1.56. The van der Waals surface area contributed by atoms with Gasteiger partial charge in [0, 0.05) is 80.7 Å². The molecule has 0 fully saturated rings. The van der Waals surface area contributed by atoms with E-state index >= 15 is 0 Å². The Kier molecular flexibility index (Phi) is 9.15. The molecular formula is C66H38S4. The summed E-state index contributed by atoms with van der Waals surface area (Å²) in [5, 5.41) is 10.6. The Labute approximate surface area is 420 Å². The highest BCUT2D eigenvalue weighted by atomic mass is 32.1. The van der Waals surface area contributed by atoms with Gasteiger partial charge in [0.2, 0.25) is 0 Å². The minimum Gasteiger partial charge on any atom is -0.135 e. The summed E-state index contributed by atoms with van der Waals surface area (Å²) in [6.45, 7) is 0. The molecule has 70 heavy (non-hydrogen) atoms. The first-order chi connectivity index (χ1) is 34.6. The van der Waals surface area contributed by atoms with E-state index < -0.39 is 0 Å². The van der Waals surface area contributed by atoms with Gasteiger partial charge in [0.15, 0.2) is 0 Å². The summed E-state index contributed by atoms with van der Waals surface area (Å²) in [7, 11) is 0. The van der Waals surface area contributed by atoms with E-state index in [-0.39, 0.29) is 0 Å². The SMILES string of the molecule is c1cc(-c2cc(-c3ccc4c(c3)sc3ccccc34)cc(-c3ccc4c(c3)sc3ccccc34)c2)cc(-c2cc(-c3ccc4c(c3)sc3ccccc34)cc(-c3ccc4c(c3)sc3ccccc34)c2)c1. The summed E-state index contributed by atoms with van der Waals surface area (Å²) in [6, 6.07) is 86.8. The van der Waals surface area contributed by atoms with Gasteiger partial charge in [0.1, 0.15) is 0 Å². The largest absolute Gasteiger partial charge is 0.135 e. The van der Waals surface area contributed by atoms with Crippen LogP contribution in [0.4, 0.5) is 0 Å². The molecule has 15 rings (SSSR count). The Bertz CT molecular complexity index is 4060. The first-order valence-corrected chi connectivity index (χ1v) is 26.9. The molecule has 4 aromatic heterocycles. The molecule has 4 heterocycles. The van der Waals surface area contributed by atoms with Gasteiger partial charge in [-0.25, -0.2) is 0 Å². The normalized spacial score (nSPS) is 12.0. The van der Waals surface area contributed by atoms with Crippen molar-refractivity contribution in [1.82, 2.24) is 0 Å². The van der Waals surface area contributed by atoms with Crippen LogP contribution in [0.1, 0.15) is 0 Å². The maximum atomic E-state index is 2.40. The average Bonchev–Trinajstić information content (AvgIpc) is 4.20. The first kappa shape index (κ1) is 40.2. The molecule has 0 aliphatic carbocycles. The minimum atomic E-state index is 1.19. The zero-order valence-electron chi connectivity index (χ0n) is 37.6. The van der Waals surface area contributed by atoms with E-state index in [1.807, 2.05) is 45.3 Å². The Balaban J connectivity index is 0.896. The maximum absolute atomic E-state index is 2.40. The number of benzene rings is 11. The second-order valence-electron chi connectivity index (χ2n) is 18.4. The zero-order chi connectivity index (χ0) is 45.9. The molecule has 0 bridgehead atoms. The molecule has 0 saturated carbocycles. The van der Waals surface area contributed by atoms with Gasteiger partial charge in [-0.15, -0.1) is 45.3 Å². The maximum Gasteiger partial charge on any atom is 0.0361 e. The average molecular weight is 959 g/mol. The highest BCUT2D eigenvalue weighted by Gasteiger charge is 2.16. The van der Waals surface area contributed by atoms with Gasteiger partial charge in [0.25, 0.3) is 0 Å². The predicted octanol–water partition coefficient (Wildman–Crippen LogP) is 21.2. The standard InChI is InChI=1S/C66H38S4/c1-5-16-59-51(12-1)55-24-20-41(35-63(55)67-59)47-29-45(30-48(33-47)42-21-25-56-52-13-2-6-17-60(52)68-64(56)36-42)39-10-9-11-40(28-39)46-31-49(43-22-26-57-53-14-3-7-18-61(53)69-65(57)37-43)34-50(32-46)44-23-27-58-54-15-4-8-19-62(54)70-66(58)38-44/h1-38H. The summed E-state index contributed by atoms with van der Waals surface area (Å²) in [6.07, 6.45) is 0. The van der Waals surface area contributed by atoms with Gasteiger partial charge in [-0.05, 0) is 158 Å². The van der Waals surface area contributed by atoms with Crippen LogP contribution in [0.3, 0.4) is 0 Å². The molecule has 0 atom stereocenters. The Morgan fingerprint density at radius 3 is 0.629 bits per heavy atom. The van der Waals surface area contributed by atoms with Crippen molar-refractivity contribution in [2.45, 2.75) is 0 Å². The molecule has 326 valence electrons. The summed E-state index contributed by atoms with van der Waals surface area (Å²) in [5.74, 6) is 0. The van der Waals surface area contributed by atoms with E-state index in [1.54, 1.807) is 0 Å². The van der Waals surface area contributed by atoms with Crippen LogP contribution < -0.4 is 0 Å². The number of hydrogen-bond donors (Lipinski definition) is 0. The predicted molar refractivity (Wildman–Crippen MR) is 311 cm³/mol. The van der Waals surface area contributed by atoms with Gasteiger partial charge in [-0.2, -0.15) is 0 Å². The van der Waals surface area contributed by atoms with Crippen molar-refractivity contribution in [2.75, 3.05) is 0 Å². The van der Waals surface area contributed by atoms with Crippen LogP contribution in [0.2, 0.25) is 0 Å². The van der Waals surface area contributed by atoms with Gasteiger partial charge < -0.3 is 0 Å². The van der Waals surface area contributed by atoms with Crippen molar-refractivity contribution in [3.05, 3.63) is 231 Å². The molecule has 11 aromatic carbocycles. The van der Waals surface area contributed by atoms with Gasteiger partial charge in [-0.1, -0.05) is 140 Å². The van der Waals surface area contributed by atoms with Crippen molar-refractivity contribution in [1.29, 1.82) is 0 Å². The molecule has 0 aliphatic rings. The van der Waals surface area contributed by atoms with E-state index in [9.17, 15) is 0 Å². The Morgan fingerprint density at radius 2 is 0.357 bits per heavy atom. The molecule has 0 N–H and O–H groups in total. The van der Waals surface area contributed by atoms with Crippen LogP contribution in [0, 0.1) is 0 Å². The van der Waals surface area contributed by atoms with Crippen molar-refractivity contribution in [2.24, 2.45) is 0 Å². The van der Waals surface area contributed by atoms with Crippen molar-refractivity contribution in [3.8, 4) is 66.8 Å². The second kappa shape index (κ2) is 15.9. The molecule has 0 unspecified atom stereocenters. The lowest BCUT2D eigenvalue weighted by Gasteiger charge is -2.14. The summed E-state index contributed by atoms with van der Waals surface area (Å²) < 4.78 is 10.6. The van der Waals surface area contributed by atoms with Crippen LogP contribution in [-0.4, -0.2) is 0 Å². The molecule has 0 aliphatic heterocycles. The fraction of sp³-hybridized carbons (Fsp3) is 0. The zero-order valence-corrected chi connectivity index (χ0v) is 40.8. The van der Waals surface area contributed by atoms with Crippen molar-refractivity contribution < 1.29 is 0 Å². The molecule has 0 saturated heterocycles. The third-order valence-electron chi connectivity index (χ3n) is 14.2. The number of thiophene rings is 4. The van der Waals surface area contributed by atoms with Crippen molar-refractivity contribution in [3.63, 3.8) is 0 Å². The third-order valence-corrected chi connectivity index (χ3v) is 18.8. The number of hydrogen-bond acceptors (Lipinski definition) is 4. The highest BCUT2D eigenvalue weighted by Crippen LogP contribution is 2.44. The van der Waals surface area contributed by atoms with Crippen LogP contribution in [-0.2, 0) is 0 Å². The topological polar surface area (TPSA) is 0 Å². The second-order valence-corrected chi connectivity index (χ2v) is 22.8. The first-order valence-electron chi connectivity index (χ1n) is 23.7. The Morgan fingerprint density at radius 1 is 0.143 bits per heavy atom. The van der Waals surface area contributed by atoms with E-state index in [2.05, 4.69) is 231 Å². The van der Waals surface area contributed by atoms with Crippen LogP contribution in [0.5, 0.6) is 0 Å². The van der Waals surface area contributed by atoms with Gasteiger partial charge in [-0.3, -0.25) is 0 Å². The lowest BCUT2D eigenvalue weighted by atomic mass is 9.90. The van der Waals surface area contributed by atoms with Crippen LogP contribution >= 0.6 is 45.3 Å². The fourth-order valence-electron chi connectivity index (χ4n) is 10.8. The number of rotatable bonds is 6. The van der Waals surface area contributed by atoms with Gasteiger partial charge >= 0.3 is 0 Å². The van der Waals surface area contributed by atoms with E-state index in [0.29, 0.717) is 0 Å². The van der Waals surface area contributed by atoms with E-state index in [0.717, 1.165) is 0 Å². The quantitative estimate of drug-likeness (QED) is 0.156. The molecule has 0 nitrogen and oxygen atoms in total. The Hall–Kier alpha value is -7.70. The molecule has 15 aromatic rings. The molecule has 0 amide bonds. The summed E-state index contributed by atoms with van der Waals surface area (Å²) >= 11 is 7.51. The van der Waals surface area contributed by atoms with Crippen molar-refractivity contribution >= 4 is 126 Å². The lowest BCUT2D eigenvalue weighted by Crippen LogP contribution is -1.89. The van der Waals surface area contributed by atoms with Crippen LogP contribution in [0.15, 0.2) is 231 Å².